The molecule has 0 radical (unpaired) electrons. The minimum atomic E-state index is 0.0949. The lowest BCUT2D eigenvalue weighted by molar-refractivity contribution is 0.489. The number of furan rings is 1. The van der Waals surface area contributed by atoms with Gasteiger partial charge >= 0.3 is 0 Å². The van der Waals surface area contributed by atoms with Gasteiger partial charge in [0.25, 0.3) is 0 Å². The number of thiazole rings is 1. The number of hydrogen-bond acceptors (Lipinski definition) is 6. The Morgan fingerprint density at radius 1 is 1.28 bits per heavy atom. The molecule has 0 N–H and O–H groups in total. The average Bonchev–Trinajstić information content (AvgIpc) is 3.24. The molecule has 0 saturated carbocycles. The Hall–Kier alpha value is -1.60. The fraction of sp³-hybridized carbons (Fsp3) is 0.500. The van der Waals surface area contributed by atoms with Crippen molar-refractivity contribution >= 4 is 23.1 Å². The molecule has 0 bridgehead atoms. The number of thioether (sulfide) groups is 1. The predicted octanol–water partition coefficient (Wildman–Crippen LogP) is 5.24. The van der Waals surface area contributed by atoms with Gasteiger partial charge in [0.15, 0.2) is 16.7 Å². The van der Waals surface area contributed by atoms with Gasteiger partial charge in [-0.15, -0.1) is 21.5 Å². The Labute approximate surface area is 156 Å². The molecule has 0 aliphatic rings. The molecule has 25 heavy (non-hydrogen) atoms. The zero-order valence-corrected chi connectivity index (χ0v) is 16.9. The third-order valence-corrected chi connectivity index (χ3v) is 5.87. The normalized spacial score (nSPS) is 12.2. The molecule has 0 amide bonds. The lowest BCUT2D eigenvalue weighted by atomic mass is 9.98. The van der Waals surface area contributed by atoms with E-state index in [4.69, 9.17) is 9.40 Å². The lowest BCUT2D eigenvalue weighted by Gasteiger charge is -2.13. The van der Waals surface area contributed by atoms with Crippen molar-refractivity contribution in [2.75, 3.05) is 0 Å². The second kappa shape index (κ2) is 7.33. The second-order valence-electron chi connectivity index (χ2n) is 7.47. The van der Waals surface area contributed by atoms with Crippen molar-refractivity contribution in [1.29, 1.82) is 0 Å². The third-order valence-electron chi connectivity index (χ3n) is 3.55. The van der Waals surface area contributed by atoms with Crippen LogP contribution in [-0.2, 0) is 17.7 Å². The van der Waals surface area contributed by atoms with E-state index in [9.17, 15) is 0 Å². The van der Waals surface area contributed by atoms with Crippen molar-refractivity contribution in [2.45, 2.75) is 57.5 Å². The molecule has 0 unspecified atom stereocenters. The van der Waals surface area contributed by atoms with E-state index in [1.165, 1.54) is 5.01 Å². The van der Waals surface area contributed by atoms with Gasteiger partial charge in [0, 0.05) is 23.1 Å². The summed E-state index contributed by atoms with van der Waals surface area (Å²) in [6.45, 7) is 11.8. The van der Waals surface area contributed by atoms with E-state index in [1.54, 1.807) is 29.4 Å². The Kier molecular flexibility index (Phi) is 5.34. The van der Waals surface area contributed by atoms with Crippen LogP contribution in [0.1, 0.15) is 45.3 Å². The van der Waals surface area contributed by atoms with E-state index in [0.29, 0.717) is 5.92 Å². The largest absolute Gasteiger partial charge is 0.461 e. The first-order valence-corrected chi connectivity index (χ1v) is 10.3. The first-order valence-electron chi connectivity index (χ1n) is 8.39. The van der Waals surface area contributed by atoms with Gasteiger partial charge in [-0.1, -0.05) is 46.4 Å². The summed E-state index contributed by atoms with van der Waals surface area (Å²) in [5.41, 5.74) is 1.19. The van der Waals surface area contributed by atoms with Gasteiger partial charge < -0.3 is 4.42 Å². The summed E-state index contributed by atoms with van der Waals surface area (Å²) >= 11 is 3.40. The fourth-order valence-corrected chi connectivity index (χ4v) is 4.22. The Morgan fingerprint density at radius 2 is 2.08 bits per heavy atom. The molecular formula is C18H24N4OS2. The maximum atomic E-state index is 5.52. The molecule has 0 fully saturated rings. The molecule has 7 heteroatoms. The van der Waals surface area contributed by atoms with Crippen molar-refractivity contribution in [2.24, 2.45) is 5.92 Å². The van der Waals surface area contributed by atoms with Crippen molar-refractivity contribution in [1.82, 2.24) is 19.7 Å². The SMILES string of the molecule is CC(C)Cn1c(SCc2csc(C(C)(C)C)n2)nnc1-c1ccco1. The molecule has 3 aromatic rings. The zero-order valence-electron chi connectivity index (χ0n) is 15.3. The summed E-state index contributed by atoms with van der Waals surface area (Å²) in [6.07, 6.45) is 1.67. The molecule has 0 aliphatic heterocycles. The third kappa shape index (κ3) is 4.33. The van der Waals surface area contributed by atoms with Crippen LogP contribution in [0.25, 0.3) is 11.6 Å². The minimum absolute atomic E-state index is 0.0949. The maximum Gasteiger partial charge on any atom is 0.200 e. The monoisotopic (exact) mass is 376 g/mol. The van der Waals surface area contributed by atoms with Gasteiger partial charge in [0.05, 0.1) is 17.0 Å². The summed E-state index contributed by atoms with van der Waals surface area (Å²) in [5, 5.41) is 13.0. The van der Waals surface area contributed by atoms with Crippen LogP contribution in [0.3, 0.4) is 0 Å². The molecule has 0 aromatic carbocycles. The van der Waals surface area contributed by atoms with E-state index in [-0.39, 0.29) is 5.41 Å². The van der Waals surface area contributed by atoms with Crippen molar-refractivity contribution in [3.05, 3.63) is 34.5 Å². The van der Waals surface area contributed by atoms with Crippen LogP contribution in [-0.4, -0.2) is 19.7 Å². The Morgan fingerprint density at radius 3 is 2.68 bits per heavy atom. The number of aromatic nitrogens is 4. The quantitative estimate of drug-likeness (QED) is 0.551. The molecule has 3 heterocycles. The van der Waals surface area contributed by atoms with E-state index in [1.807, 2.05) is 12.1 Å². The molecule has 0 saturated heterocycles. The van der Waals surface area contributed by atoms with Gasteiger partial charge in [-0.25, -0.2) is 4.98 Å². The maximum absolute atomic E-state index is 5.52. The molecule has 0 spiro atoms. The molecule has 5 nitrogen and oxygen atoms in total. The molecule has 134 valence electrons. The lowest BCUT2D eigenvalue weighted by Crippen LogP contribution is -2.10. The highest BCUT2D eigenvalue weighted by Crippen LogP contribution is 2.30. The number of hydrogen-bond donors (Lipinski definition) is 0. The first kappa shape index (κ1) is 18.2. The van der Waals surface area contributed by atoms with Crippen LogP contribution in [0, 0.1) is 5.92 Å². The van der Waals surface area contributed by atoms with Gasteiger partial charge in [-0.2, -0.15) is 0 Å². The van der Waals surface area contributed by atoms with Crippen LogP contribution >= 0.6 is 23.1 Å². The number of rotatable bonds is 6. The second-order valence-corrected chi connectivity index (χ2v) is 9.27. The summed E-state index contributed by atoms with van der Waals surface area (Å²) in [5.74, 6) is 2.83. The van der Waals surface area contributed by atoms with Crippen molar-refractivity contribution in [3.63, 3.8) is 0 Å². The zero-order chi connectivity index (χ0) is 18.0. The number of nitrogens with zero attached hydrogens (tertiary/aromatic N) is 4. The fourth-order valence-electron chi connectivity index (χ4n) is 2.37. The minimum Gasteiger partial charge on any atom is -0.461 e. The van der Waals surface area contributed by atoms with Gasteiger partial charge in [0.2, 0.25) is 0 Å². The molecule has 3 aromatic heterocycles. The summed E-state index contributed by atoms with van der Waals surface area (Å²) in [4.78, 5) is 4.77. The van der Waals surface area contributed by atoms with Crippen LogP contribution in [0.2, 0.25) is 0 Å². The molecular weight excluding hydrogens is 352 g/mol. The van der Waals surface area contributed by atoms with Crippen LogP contribution in [0.4, 0.5) is 0 Å². The summed E-state index contributed by atoms with van der Waals surface area (Å²) in [6, 6.07) is 3.80. The van der Waals surface area contributed by atoms with Gasteiger partial charge in [-0.3, -0.25) is 4.57 Å². The van der Waals surface area contributed by atoms with Crippen LogP contribution < -0.4 is 0 Å². The highest BCUT2D eigenvalue weighted by molar-refractivity contribution is 7.98. The van der Waals surface area contributed by atoms with E-state index in [2.05, 4.69) is 54.8 Å². The van der Waals surface area contributed by atoms with Gasteiger partial charge in [-0.05, 0) is 18.1 Å². The summed E-state index contributed by atoms with van der Waals surface area (Å²) in [7, 11) is 0. The van der Waals surface area contributed by atoms with E-state index < -0.39 is 0 Å². The predicted molar refractivity (Wildman–Crippen MR) is 103 cm³/mol. The Balaban J connectivity index is 1.79. The van der Waals surface area contributed by atoms with Gasteiger partial charge in [0.1, 0.15) is 0 Å². The van der Waals surface area contributed by atoms with Crippen molar-refractivity contribution in [3.8, 4) is 11.6 Å². The van der Waals surface area contributed by atoms with Crippen molar-refractivity contribution < 1.29 is 4.42 Å². The highest BCUT2D eigenvalue weighted by Gasteiger charge is 2.20. The highest BCUT2D eigenvalue weighted by atomic mass is 32.2. The topological polar surface area (TPSA) is 56.7 Å². The molecule has 0 atom stereocenters. The Bertz CT molecular complexity index is 813. The van der Waals surface area contributed by atoms with Crippen LogP contribution in [0.15, 0.2) is 33.3 Å². The molecule has 0 aliphatic carbocycles. The van der Waals surface area contributed by atoms with E-state index >= 15 is 0 Å². The molecule has 3 rings (SSSR count). The van der Waals surface area contributed by atoms with E-state index in [0.717, 1.165) is 34.7 Å². The summed E-state index contributed by atoms with van der Waals surface area (Å²) < 4.78 is 7.66. The first-order chi connectivity index (χ1) is 11.8. The average molecular weight is 377 g/mol. The van der Waals surface area contributed by atoms with Crippen LogP contribution in [0.5, 0.6) is 0 Å². The smallest absolute Gasteiger partial charge is 0.200 e. The standard InChI is InChI=1S/C18H24N4OS2/c1-12(2)9-22-15(14-7-6-8-23-14)20-21-17(22)25-11-13-10-24-16(19-13)18(3,4)5/h6-8,10,12H,9,11H2,1-5H3.